The van der Waals surface area contributed by atoms with E-state index >= 15 is 0 Å². The molecule has 0 radical (unpaired) electrons. The van der Waals surface area contributed by atoms with Crippen LogP contribution in [0.1, 0.15) is 41.1 Å². The molecule has 1 aromatic carbocycles. The SMILES string of the molecule is COc1cc(C)c(CN2CCC[C@H](c3nn(C)c4nccnc34)C2)cc1C. The van der Waals surface area contributed by atoms with Crippen molar-refractivity contribution in [1.82, 2.24) is 24.6 Å². The average molecular weight is 365 g/mol. The highest BCUT2D eigenvalue weighted by Gasteiger charge is 2.26. The topological polar surface area (TPSA) is 56.1 Å². The third-order valence-corrected chi connectivity index (χ3v) is 5.63. The summed E-state index contributed by atoms with van der Waals surface area (Å²) >= 11 is 0. The molecule has 1 atom stereocenters. The summed E-state index contributed by atoms with van der Waals surface area (Å²) in [6.07, 6.45) is 5.82. The van der Waals surface area contributed by atoms with Crippen molar-refractivity contribution >= 4 is 11.2 Å². The molecule has 1 saturated heterocycles. The Morgan fingerprint density at radius 3 is 2.78 bits per heavy atom. The van der Waals surface area contributed by atoms with Gasteiger partial charge in [0.25, 0.3) is 0 Å². The van der Waals surface area contributed by atoms with Crippen molar-refractivity contribution in [2.24, 2.45) is 7.05 Å². The molecule has 0 N–H and O–H groups in total. The normalized spacial score (nSPS) is 18.1. The molecule has 0 spiro atoms. The van der Waals surface area contributed by atoms with Crippen molar-refractivity contribution in [3.05, 3.63) is 46.9 Å². The number of methoxy groups -OCH3 is 1. The van der Waals surface area contributed by atoms with Gasteiger partial charge in [-0.05, 0) is 56.0 Å². The van der Waals surface area contributed by atoms with Gasteiger partial charge in [-0.25, -0.2) is 14.6 Å². The van der Waals surface area contributed by atoms with Gasteiger partial charge in [0.1, 0.15) is 11.3 Å². The molecule has 0 aliphatic carbocycles. The molecule has 0 saturated carbocycles. The zero-order valence-electron chi connectivity index (χ0n) is 16.6. The summed E-state index contributed by atoms with van der Waals surface area (Å²) in [6.45, 7) is 7.37. The van der Waals surface area contributed by atoms with Gasteiger partial charge in [-0.15, -0.1) is 0 Å². The molecule has 3 heterocycles. The van der Waals surface area contributed by atoms with Crippen molar-refractivity contribution in [3.63, 3.8) is 0 Å². The standard InChI is InChI=1S/C21H27N5O/c1-14-11-18(27-4)15(2)10-17(14)13-26-9-5-6-16(12-26)19-20-21(25(3)24-19)23-8-7-22-20/h7-8,10-11,16H,5-6,9,12-13H2,1-4H3/t16-/m0/s1. The van der Waals surface area contributed by atoms with E-state index in [1.54, 1.807) is 19.5 Å². The molecule has 142 valence electrons. The number of hydrogen-bond acceptors (Lipinski definition) is 5. The predicted octanol–water partition coefficient (Wildman–Crippen LogP) is 3.37. The summed E-state index contributed by atoms with van der Waals surface area (Å²) in [5, 5.41) is 4.76. The van der Waals surface area contributed by atoms with Gasteiger partial charge in [-0.2, -0.15) is 5.10 Å². The van der Waals surface area contributed by atoms with Gasteiger partial charge in [0.15, 0.2) is 5.65 Å². The molecule has 3 aromatic rings. The van der Waals surface area contributed by atoms with Crippen LogP contribution in [-0.4, -0.2) is 44.8 Å². The fraction of sp³-hybridized carbons (Fsp3) is 0.476. The molecule has 6 heteroatoms. The van der Waals surface area contributed by atoms with Gasteiger partial charge in [0.2, 0.25) is 0 Å². The highest BCUT2D eigenvalue weighted by molar-refractivity contribution is 5.73. The molecule has 1 aliphatic heterocycles. The lowest BCUT2D eigenvalue weighted by molar-refractivity contribution is 0.198. The van der Waals surface area contributed by atoms with Crippen LogP contribution in [0.5, 0.6) is 5.75 Å². The van der Waals surface area contributed by atoms with E-state index in [1.807, 2.05) is 11.7 Å². The van der Waals surface area contributed by atoms with Crippen molar-refractivity contribution in [2.75, 3.05) is 20.2 Å². The van der Waals surface area contributed by atoms with Crippen LogP contribution >= 0.6 is 0 Å². The van der Waals surface area contributed by atoms with Crippen molar-refractivity contribution in [3.8, 4) is 5.75 Å². The van der Waals surface area contributed by atoms with Gasteiger partial charge < -0.3 is 4.74 Å². The largest absolute Gasteiger partial charge is 0.496 e. The quantitative estimate of drug-likeness (QED) is 0.709. The third-order valence-electron chi connectivity index (χ3n) is 5.63. The molecule has 1 fully saturated rings. The Morgan fingerprint density at radius 1 is 1.15 bits per heavy atom. The second-order valence-corrected chi connectivity index (χ2v) is 7.56. The lowest BCUT2D eigenvalue weighted by Crippen LogP contribution is -2.34. The average Bonchev–Trinajstić information content (AvgIpc) is 3.02. The Morgan fingerprint density at radius 2 is 1.96 bits per heavy atom. The Labute approximate surface area is 160 Å². The summed E-state index contributed by atoms with van der Waals surface area (Å²) < 4.78 is 7.31. The second kappa shape index (κ2) is 7.27. The van der Waals surface area contributed by atoms with Crippen LogP contribution in [0.3, 0.4) is 0 Å². The number of ether oxygens (including phenoxy) is 1. The number of nitrogens with zero attached hydrogens (tertiary/aromatic N) is 5. The van der Waals surface area contributed by atoms with E-state index in [-0.39, 0.29) is 0 Å². The van der Waals surface area contributed by atoms with Gasteiger partial charge in [0.05, 0.1) is 12.8 Å². The molecule has 0 bridgehead atoms. The number of likely N-dealkylation sites (tertiary alicyclic amines) is 1. The van der Waals surface area contributed by atoms with Crippen LogP contribution < -0.4 is 4.74 Å². The van der Waals surface area contributed by atoms with Crippen molar-refractivity contribution in [1.29, 1.82) is 0 Å². The molecule has 0 unspecified atom stereocenters. The van der Waals surface area contributed by atoms with Gasteiger partial charge in [-0.1, -0.05) is 6.07 Å². The molecule has 6 nitrogen and oxygen atoms in total. The van der Waals surface area contributed by atoms with E-state index < -0.39 is 0 Å². The van der Waals surface area contributed by atoms with Crippen molar-refractivity contribution < 1.29 is 4.74 Å². The first-order valence-corrected chi connectivity index (χ1v) is 9.57. The molecular weight excluding hydrogens is 338 g/mol. The zero-order valence-corrected chi connectivity index (χ0v) is 16.6. The number of fused-ring (bicyclic) bond motifs is 1. The van der Waals surface area contributed by atoms with E-state index in [4.69, 9.17) is 9.84 Å². The van der Waals surface area contributed by atoms with Crippen molar-refractivity contribution in [2.45, 2.75) is 39.2 Å². The summed E-state index contributed by atoms with van der Waals surface area (Å²) in [5.74, 6) is 1.37. The smallest absolute Gasteiger partial charge is 0.176 e. The van der Waals surface area contributed by atoms with E-state index in [1.165, 1.54) is 23.1 Å². The maximum absolute atomic E-state index is 5.45. The lowest BCUT2D eigenvalue weighted by Gasteiger charge is -2.32. The number of aryl methyl sites for hydroxylation is 3. The number of piperidine rings is 1. The third kappa shape index (κ3) is 3.41. The monoisotopic (exact) mass is 365 g/mol. The predicted molar refractivity (Wildman–Crippen MR) is 106 cm³/mol. The minimum atomic E-state index is 0.402. The Bertz CT molecular complexity index is 965. The molecule has 4 rings (SSSR count). The Balaban J connectivity index is 1.56. The molecular formula is C21H27N5O. The van der Waals surface area contributed by atoms with Crippen LogP contribution in [-0.2, 0) is 13.6 Å². The summed E-state index contributed by atoms with van der Waals surface area (Å²) in [4.78, 5) is 11.5. The second-order valence-electron chi connectivity index (χ2n) is 7.56. The highest BCUT2D eigenvalue weighted by Crippen LogP contribution is 2.31. The van der Waals surface area contributed by atoms with Crippen LogP contribution in [0.2, 0.25) is 0 Å². The van der Waals surface area contributed by atoms with E-state index in [9.17, 15) is 0 Å². The minimum absolute atomic E-state index is 0.402. The Hall–Kier alpha value is -2.47. The Kier molecular flexibility index (Phi) is 4.83. The maximum atomic E-state index is 5.45. The summed E-state index contributed by atoms with van der Waals surface area (Å²) in [6, 6.07) is 4.41. The zero-order chi connectivity index (χ0) is 19.0. The molecule has 2 aromatic heterocycles. The fourth-order valence-electron chi connectivity index (χ4n) is 4.18. The minimum Gasteiger partial charge on any atom is -0.496 e. The van der Waals surface area contributed by atoms with Crippen LogP contribution in [0.25, 0.3) is 11.2 Å². The van der Waals surface area contributed by atoms with E-state index in [0.29, 0.717) is 5.92 Å². The number of benzene rings is 1. The molecule has 1 aliphatic rings. The number of aromatic nitrogens is 4. The van der Waals surface area contributed by atoms with E-state index in [0.717, 1.165) is 48.7 Å². The first-order valence-electron chi connectivity index (χ1n) is 9.57. The number of rotatable bonds is 4. The molecule has 27 heavy (non-hydrogen) atoms. The first kappa shape index (κ1) is 17.9. The fourth-order valence-corrected chi connectivity index (χ4v) is 4.18. The summed E-state index contributed by atoms with van der Waals surface area (Å²) in [7, 11) is 3.68. The van der Waals surface area contributed by atoms with E-state index in [2.05, 4.69) is 40.8 Å². The lowest BCUT2D eigenvalue weighted by atomic mass is 9.93. The van der Waals surface area contributed by atoms with Gasteiger partial charge >= 0.3 is 0 Å². The number of hydrogen-bond donors (Lipinski definition) is 0. The summed E-state index contributed by atoms with van der Waals surface area (Å²) in [5.41, 5.74) is 6.76. The highest BCUT2D eigenvalue weighted by atomic mass is 16.5. The van der Waals surface area contributed by atoms with Gasteiger partial charge in [0, 0.05) is 38.4 Å². The van der Waals surface area contributed by atoms with Crippen LogP contribution in [0.15, 0.2) is 24.5 Å². The van der Waals surface area contributed by atoms with Gasteiger partial charge in [-0.3, -0.25) is 4.90 Å². The first-order chi connectivity index (χ1) is 13.1. The maximum Gasteiger partial charge on any atom is 0.176 e. The van der Waals surface area contributed by atoms with Crippen LogP contribution in [0, 0.1) is 13.8 Å². The molecule has 0 amide bonds. The van der Waals surface area contributed by atoms with Crippen LogP contribution in [0.4, 0.5) is 0 Å².